The number of hydrogen-bond donors (Lipinski definition) is 1. The predicted molar refractivity (Wildman–Crippen MR) is 65.4 cm³/mol. The normalized spacial score (nSPS) is 12.5. The Morgan fingerprint density at radius 2 is 2.33 bits per heavy atom. The van der Waals surface area contributed by atoms with Crippen molar-refractivity contribution < 1.29 is 0 Å². The van der Waals surface area contributed by atoms with Gasteiger partial charge in [0, 0.05) is 19.3 Å². The molecule has 0 radical (unpaired) electrons. The average Bonchev–Trinajstić information content (AvgIpc) is 2.26. The molecule has 2 N–H and O–H groups in total. The second-order valence-corrected chi connectivity index (χ2v) is 4.10. The summed E-state index contributed by atoms with van der Waals surface area (Å²) in [7, 11) is 0. The van der Waals surface area contributed by atoms with E-state index in [9.17, 15) is 0 Å². The summed E-state index contributed by atoms with van der Waals surface area (Å²) in [5, 5.41) is 0.698. The van der Waals surface area contributed by atoms with E-state index in [-0.39, 0.29) is 0 Å². The molecule has 15 heavy (non-hydrogen) atoms. The van der Waals surface area contributed by atoms with Gasteiger partial charge in [-0.3, -0.25) is 0 Å². The molecule has 1 aromatic heterocycles. The number of nitrogens with zero attached hydrogens (tertiary/aromatic N) is 2. The first kappa shape index (κ1) is 12.3. The number of hydrogen-bond acceptors (Lipinski definition) is 3. The van der Waals surface area contributed by atoms with Crippen LogP contribution in [0.3, 0.4) is 0 Å². The van der Waals surface area contributed by atoms with Gasteiger partial charge in [0.25, 0.3) is 0 Å². The number of rotatable bonds is 5. The van der Waals surface area contributed by atoms with E-state index in [1.54, 1.807) is 6.20 Å². The lowest BCUT2D eigenvalue weighted by Gasteiger charge is -2.25. The van der Waals surface area contributed by atoms with Crippen LogP contribution >= 0.6 is 11.6 Å². The molecule has 0 amide bonds. The Morgan fingerprint density at radius 3 is 2.87 bits per heavy atom. The Balaban J connectivity index is 2.78. The van der Waals surface area contributed by atoms with Crippen molar-refractivity contribution in [3.63, 3.8) is 0 Å². The third-order valence-corrected chi connectivity index (χ3v) is 2.65. The van der Waals surface area contributed by atoms with E-state index in [1.165, 1.54) is 0 Å². The summed E-state index contributed by atoms with van der Waals surface area (Å²) in [4.78, 5) is 6.44. The average molecular weight is 228 g/mol. The molecule has 1 heterocycles. The van der Waals surface area contributed by atoms with Gasteiger partial charge in [-0.25, -0.2) is 4.98 Å². The molecule has 0 spiro atoms. The molecule has 0 bridgehead atoms. The highest BCUT2D eigenvalue weighted by Gasteiger charge is 2.12. The lowest BCUT2D eigenvalue weighted by atomic mass is 10.1. The van der Waals surface area contributed by atoms with Crippen molar-refractivity contribution >= 4 is 17.4 Å². The molecule has 3 nitrogen and oxygen atoms in total. The van der Waals surface area contributed by atoms with Crippen LogP contribution in [0, 0.1) is 5.92 Å². The fourth-order valence-electron chi connectivity index (χ4n) is 1.43. The van der Waals surface area contributed by atoms with Crippen LogP contribution in [0.1, 0.15) is 13.8 Å². The van der Waals surface area contributed by atoms with Crippen LogP contribution in [0.5, 0.6) is 0 Å². The van der Waals surface area contributed by atoms with Crippen molar-refractivity contribution in [3.8, 4) is 0 Å². The molecule has 1 atom stereocenters. The van der Waals surface area contributed by atoms with Gasteiger partial charge in [-0.05, 0) is 31.5 Å². The summed E-state index contributed by atoms with van der Waals surface area (Å²) in [6.45, 7) is 6.68. The maximum absolute atomic E-state index is 6.09. The quantitative estimate of drug-likeness (QED) is 0.838. The Kier molecular flexibility index (Phi) is 4.85. The van der Waals surface area contributed by atoms with Gasteiger partial charge in [0.05, 0.1) is 5.02 Å². The number of halogens is 1. The topological polar surface area (TPSA) is 42.1 Å². The smallest absolute Gasteiger partial charge is 0.147 e. The molecular weight excluding hydrogens is 210 g/mol. The minimum atomic E-state index is 0.447. The summed E-state index contributed by atoms with van der Waals surface area (Å²) in [6.07, 6.45) is 1.76. The summed E-state index contributed by atoms with van der Waals surface area (Å²) in [5.74, 6) is 1.30. The molecule has 1 aromatic rings. The highest BCUT2D eigenvalue weighted by molar-refractivity contribution is 6.32. The number of aromatic nitrogens is 1. The summed E-state index contributed by atoms with van der Waals surface area (Å²) >= 11 is 6.09. The van der Waals surface area contributed by atoms with Crippen LogP contribution in [0.25, 0.3) is 0 Å². The fraction of sp³-hybridized carbons (Fsp3) is 0.545. The summed E-state index contributed by atoms with van der Waals surface area (Å²) < 4.78 is 0. The zero-order valence-corrected chi connectivity index (χ0v) is 10.0. The van der Waals surface area contributed by atoms with E-state index in [1.807, 2.05) is 12.1 Å². The molecule has 0 aliphatic carbocycles. The standard InChI is InChI=1S/C11H18ClN3/c1-3-15(8-9(2)7-13)11-10(12)5-4-6-14-11/h4-6,9H,3,7-8,13H2,1-2H3. The largest absolute Gasteiger partial charge is 0.355 e. The van der Waals surface area contributed by atoms with Gasteiger partial charge in [0.15, 0.2) is 0 Å². The molecule has 0 saturated carbocycles. The van der Waals surface area contributed by atoms with Gasteiger partial charge in [0.1, 0.15) is 5.82 Å². The minimum Gasteiger partial charge on any atom is -0.355 e. The first-order valence-corrected chi connectivity index (χ1v) is 5.62. The van der Waals surface area contributed by atoms with Crippen molar-refractivity contribution in [2.24, 2.45) is 11.7 Å². The molecule has 0 aliphatic rings. The van der Waals surface area contributed by atoms with Crippen molar-refractivity contribution in [1.82, 2.24) is 4.98 Å². The zero-order chi connectivity index (χ0) is 11.3. The summed E-state index contributed by atoms with van der Waals surface area (Å²) in [6, 6.07) is 3.70. The van der Waals surface area contributed by atoms with E-state index < -0.39 is 0 Å². The van der Waals surface area contributed by atoms with Crippen LogP contribution in [0.15, 0.2) is 18.3 Å². The van der Waals surface area contributed by atoms with E-state index >= 15 is 0 Å². The molecule has 0 aromatic carbocycles. The minimum absolute atomic E-state index is 0.447. The number of nitrogens with two attached hydrogens (primary N) is 1. The van der Waals surface area contributed by atoms with E-state index in [2.05, 4.69) is 23.7 Å². The molecule has 0 fully saturated rings. The van der Waals surface area contributed by atoms with E-state index in [0.29, 0.717) is 17.5 Å². The molecule has 84 valence electrons. The van der Waals surface area contributed by atoms with E-state index in [4.69, 9.17) is 17.3 Å². The molecule has 0 aliphatic heterocycles. The Labute approximate surface area is 96.2 Å². The van der Waals surface area contributed by atoms with Gasteiger partial charge in [0.2, 0.25) is 0 Å². The molecule has 1 rings (SSSR count). The third-order valence-electron chi connectivity index (χ3n) is 2.35. The van der Waals surface area contributed by atoms with Crippen LogP contribution in [-0.4, -0.2) is 24.6 Å². The highest BCUT2D eigenvalue weighted by Crippen LogP contribution is 2.22. The first-order chi connectivity index (χ1) is 7.19. The van der Waals surface area contributed by atoms with Crippen molar-refractivity contribution in [3.05, 3.63) is 23.4 Å². The maximum atomic E-state index is 6.09. The third kappa shape index (κ3) is 3.36. The Bertz CT molecular complexity index is 304. The molecule has 1 unspecified atom stereocenters. The van der Waals surface area contributed by atoms with Crippen LogP contribution < -0.4 is 10.6 Å². The second kappa shape index (κ2) is 5.93. The first-order valence-electron chi connectivity index (χ1n) is 5.24. The van der Waals surface area contributed by atoms with Gasteiger partial charge >= 0.3 is 0 Å². The SMILES string of the molecule is CCN(CC(C)CN)c1ncccc1Cl. The number of pyridine rings is 1. The van der Waals surface area contributed by atoms with Gasteiger partial charge < -0.3 is 10.6 Å². The number of anilines is 1. The highest BCUT2D eigenvalue weighted by atomic mass is 35.5. The van der Waals surface area contributed by atoms with Gasteiger partial charge in [-0.1, -0.05) is 18.5 Å². The Morgan fingerprint density at radius 1 is 1.60 bits per heavy atom. The summed E-state index contributed by atoms with van der Waals surface area (Å²) in [5.41, 5.74) is 5.61. The zero-order valence-electron chi connectivity index (χ0n) is 9.28. The van der Waals surface area contributed by atoms with Crippen LogP contribution in [-0.2, 0) is 0 Å². The lowest BCUT2D eigenvalue weighted by Crippen LogP contribution is -2.32. The fourth-order valence-corrected chi connectivity index (χ4v) is 1.67. The molecule has 4 heteroatoms. The monoisotopic (exact) mass is 227 g/mol. The van der Waals surface area contributed by atoms with Crippen molar-refractivity contribution in [1.29, 1.82) is 0 Å². The second-order valence-electron chi connectivity index (χ2n) is 3.69. The lowest BCUT2D eigenvalue weighted by molar-refractivity contribution is 0.573. The molecule has 0 saturated heterocycles. The van der Waals surface area contributed by atoms with Crippen molar-refractivity contribution in [2.45, 2.75) is 13.8 Å². The Hall–Kier alpha value is -0.800. The van der Waals surface area contributed by atoms with E-state index in [0.717, 1.165) is 18.9 Å². The van der Waals surface area contributed by atoms with Crippen molar-refractivity contribution in [2.75, 3.05) is 24.5 Å². The molecular formula is C11H18ClN3. The predicted octanol–water partition coefficient (Wildman–Crippen LogP) is 2.16. The van der Waals surface area contributed by atoms with Gasteiger partial charge in [-0.2, -0.15) is 0 Å². The maximum Gasteiger partial charge on any atom is 0.147 e. The van der Waals surface area contributed by atoms with Gasteiger partial charge in [-0.15, -0.1) is 0 Å². The van der Waals surface area contributed by atoms with Crippen LogP contribution in [0.4, 0.5) is 5.82 Å². The van der Waals surface area contributed by atoms with Crippen LogP contribution in [0.2, 0.25) is 5.02 Å².